The van der Waals surface area contributed by atoms with E-state index in [9.17, 15) is 9.59 Å². The van der Waals surface area contributed by atoms with E-state index in [1.807, 2.05) is 17.5 Å². The van der Waals surface area contributed by atoms with E-state index in [1.165, 1.54) is 15.9 Å². The molecule has 0 spiro atoms. The Labute approximate surface area is 162 Å². The van der Waals surface area contributed by atoms with Gasteiger partial charge < -0.3 is 15.2 Å². The van der Waals surface area contributed by atoms with Crippen LogP contribution >= 0.6 is 11.3 Å². The Bertz CT molecular complexity index is 1070. The number of hydrogen-bond acceptors (Lipinski definition) is 8. The molecule has 0 fully saturated rings. The van der Waals surface area contributed by atoms with Gasteiger partial charge in [0.05, 0.1) is 4.88 Å². The Balaban J connectivity index is 1.21. The van der Waals surface area contributed by atoms with Crippen molar-refractivity contribution in [2.24, 2.45) is 0 Å². The molecule has 4 aromatic rings. The van der Waals surface area contributed by atoms with Gasteiger partial charge in [0, 0.05) is 31.5 Å². The molecule has 4 aromatic heterocycles. The van der Waals surface area contributed by atoms with E-state index in [0.717, 1.165) is 4.88 Å². The van der Waals surface area contributed by atoms with Gasteiger partial charge in [0.1, 0.15) is 0 Å². The van der Waals surface area contributed by atoms with Crippen molar-refractivity contribution >= 4 is 28.9 Å². The molecule has 4 rings (SSSR count). The normalized spacial score (nSPS) is 10.9. The Hall–Kier alpha value is -3.60. The molecule has 2 amide bonds. The summed E-state index contributed by atoms with van der Waals surface area (Å²) in [5.41, 5.74) is 0.217. The number of nitrogens with zero attached hydrogens (tertiary/aromatic N) is 5. The van der Waals surface area contributed by atoms with E-state index in [0.29, 0.717) is 31.0 Å². The van der Waals surface area contributed by atoms with Gasteiger partial charge in [-0.15, -0.1) is 16.4 Å². The number of carbonyl (C=O) groups is 2. The smallest absolute Gasteiger partial charge is 0.291 e. The van der Waals surface area contributed by atoms with Crippen LogP contribution in [-0.2, 0) is 0 Å². The van der Waals surface area contributed by atoms with Crippen LogP contribution in [0.25, 0.3) is 16.4 Å². The Morgan fingerprint density at radius 3 is 2.82 bits per heavy atom. The van der Waals surface area contributed by atoms with Gasteiger partial charge in [0.2, 0.25) is 5.82 Å². The molecule has 11 heteroatoms. The van der Waals surface area contributed by atoms with Gasteiger partial charge in [-0.1, -0.05) is 11.2 Å². The van der Waals surface area contributed by atoms with Crippen LogP contribution in [0.2, 0.25) is 0 Å². The molecule has 0 radical (unpaired) electrons. The van der Waals surface area contributed by atoms with E-state index in [-0.39, 0.29) is 17.4 Å². The molecule has 0 aromatic carbocycles. The first-order chi connectivity index (χ1) is 13.7. The zero-order valence-electron chi connectivity index (χ0n) is 14.5. The number of hydrogen-bond donors (Lipinski definition) is 2. The summed E-state index contributed by atoms with van der Waals surface area (Å²) in [7, 11) is 0. The summed E-state index contributed by atoms with van der Waals surface area (Å²) in [4.78, 5) is 33.1. The highest BCUT2D eigenvalue weighted by Gasteiger charge is 2.15. The lowest BCUT2D eigenvalue weighted by Gasteiger charge is -2.03. The van der Waals surface area contributed by atoms with E-state index in [1.54, 1.807) is 24.5 Å². The van der Waals surface area contributed by atoms with Crippen LogP contribution in [0.4, 0.5) is 0 Å². The zero-order chi connectivity index (χ0) is 19.3. The highest BCUT2D eigenvalue weighted by molar-refractivity contribution is 7.13. The summed E-state index contributed by atoms with van der Waals surface area (Å²) in [5, 5.41) is 15.2. The summed E-state index contributed by atoms with van der Waals surface area (Å²) in [5.74, 6) is 0.239. The number of fused-ring (bicyclic) bond motifs is 1. The van der Waals surface area contributed by atoms with Crippen LogP contribution in [0, 0.1) is 0 Å². The standard InChI is InChI=1S/C17H15N7O3S/c25-15(11-10-12(27-23-11)13-4-1-9-28-13)18-5-2-6-19-16(26)14-21-17-20-7-3-8-24(17)22-14/h1,3-4,7-10H,2,5-6H2,(H,18,25)(H,19,26). The molecule has 0 saturated carbocycles. The monoisotopic (exact) mass is 397 g/mol. The predicted octanol–water partition coefficient (Wildman–Crippen LogP) is 1.39. The van der Waals surface area contributed by atoms with Crippen LogP contribution in [0.5, 0.6) is 0 Å². The minimum absolute atomic E-state index is 0.0476. The highest BCUT2D eigenvalue weighted by atomic mass is 32.1. The van der Waals surface area contributed by atoms with Crippen LogP contribution in [0.15, 0.2) is 46.6 Å². The number of carbonyl (C=O) groups excluding carboxylic acids is 2. The zero-order valence-corrected chi connectivity index (χ0v) is 15.3. The summed E-state index contributed by atoms with van der Waals surface area (Å²) >= 11 is 1.51. The van der Waals surface area contributed by atoms with Gasteiger partial charge in [-0.05, 0) is 23.9 Å². The lowest BCUT2D eigenvalue weighted by Crippen LogP contribution is -2.30. The third-order valence-corrected chi connectivity index (χ3v) is 4.64. The van der Waals surface area contributed by atoms with E-state index < -0.39 is 5.91 Å². The lowest BCUT2D eigenvalue weighted by molar-refractivity contribution is 0.0942. The SMILES string of the molecule is O=C(NCCCNC(=O)c1nc2ncccn2n1)c1cc(-c2cccs2)on1. The molecule has 142 valence electrons. The lowest BCUT2D eigenvalue weighted by atomic mass is 10.3. The minimum Gasteiger partial charge on any atom is -0.355 e. The third kappa shape index (κ3) is 3.88. The van der Waals surface area contributed by atoms with Crippen LogP contribution < -0.4 is 10.6 Å². The molecule has 0 unspecified atom stereocenters. The molecule has 0 bridgehead atoms. The maximum Gasteiger partial charge on any atom is 0.291 e. The predicted molar refractivity (Wildman–Crippen MR) is 99.9 cm³/mol. The summed E-state index contributed by atoms with van der Waals surface area (Å²) in [6.45, 7) is 0.738. The van der Waals surface area contributed by atoms with Gasteiger partial charge in [-0.2, -0.15) is 4.98 Å². The number of thiophene rings is 1. The quantitative estimate of drug-likeness (QED) is 0.451. The van der Waals surface area contributed by atoms with Crippen molar-refractivity contribution in [1.29, 1.82) is 0 Å². The number of nitrogens with one attached hydrogen (secondary N) is 2. The van der Waals surface area contributed by atoms with Crippen molar-refractivity contribution in [3.63, 3.8) is 0 Å². The fourth-order valence-electron chi connectivity index (χ4n) is 2.41. The maximum atomic E-state index is 12.1. The summed E-state index contributed by atoms with van der Waals surface area (Å²) in [6, 6.07) is 7.09. The Morgan fingerprint density at radius 2 is 2.04 bits per heavy atom. The van der Waals surface area contributed by atoms with Gasteiger partial charge >= 0.3 is 0 Å². The molecule has 0 aliphatic heterocycles. The van der Waals surface area contributed by atoms with E-state index in [4.69, 9.17) is 4.52 Å². The van der Waals surface area contributed by atoms with Crippen LogP contribution in [0.1, 0.15) is 27.5 Å². The molecule has 2 N–H and O–H groups in total. The number of aromatic nitrogens is 5. The molecule has 28 heavy (non-hydrogen) atoms. The molecule has 10 nitrogen and oxygen atoms in total. The van der Waals surface area contributed by atoms with E-state index >= 15 is 0 Å². The van der Waals surface area contributed by atoms with Crippen molar-refractivity contribution in [3.05, 3.63) is 53.6 Å². The highest BCUT2D eigenvalue weighted by Crippen LogP contribution is 2.24. The average molecular weight is 397 g/mol. The molecular formula is C17H15N7O3S. The molecule has 4 heterocycles. The molecule has 0 aliphatic carbocycles. The van der Waals surface area contributed by atoms with Gasteiger partial charge in [0.25, 0.3) is 17.6 Å². The largest absolute Gasteiger partial charge is 0.355 e. The first kappa shape index (κ1) is 17.8. The number of rotatable bonds is 7. The fourth-order valence-corrected chi connectivity index (χ4v) is 3.08. The molecule has 0 saturated heterocycles. The van der Waals surface area contributed by atoms with E-state index in [2.05, 4.69) is 30.9 Å². The first-order valence-corrected chi connectivity index (χ1v) is 9.33. The van der Waals surface area contributed by atoms with Crippen molar-refractivity contribution in [3.8, 4) is 10.6 Å². The van der Waals surface area contributed by atoms with Crippen molar-refractivity contribution in [2.45, 2.75) is 6.42 Å². The topological polar surface area (TPSA) is 127 Å². The van der Waals surface area contributed by atoms with Crippen molar-refractivity contribution in [2.75, 3.05) is 13.1 Å². The van der Waals surface area contributed by atoms with Gasteiger partial charge in [-0.3, -0.25) is 9.59 Å². The number of amides is 2. The Morgan fingerprint density at radius 1 is 1.18 bits per heavy atom. The molecular weight excluding hydrogens is 382 g/mol. The average Bonchev–Trinajstić information content (AvgIpc) is 3.46. The van der Waals surface area contributed by atoms with Crippen LogP contribution in [0.3, 0.4) is 0 Å². The van der Waals surface area contributed by atoms with Crippen LogP contribution in [-0.4, -0.2) is 49.6 Å². The Kier molecular flexibility index (Phi) is 5.06. The van der Waals surface area contributed by atoms with Crippen molar-refractivity contribution in [1.82, 2.24) is 35.4 Å². The second kappa shape index (κ2) is 7.96. The summed E-state index contributed by atoms with van der Waals surface area (Å²) < 4.78 is 6.61. The molecule has 0 atom stereocenters. The molecule has 0 aliphatic rings. The maximum absolute atomic E-state index is 12.1. The first-order valence-electron chi connectivity index (χ1n) is 8.45. The summed E-state index contributed by atoms with van der Waals surface area (Å²) in [6.07, 6.45) is 3.78. The second-order valence-electron chi connectivity index (χ2n) is 5.72. The fraction of sp³-hybridized carbons (Fsp3) is 0.176. The second-order valence-corrected chi connectivity index (χ2v) is 6.67. The van der Waals surface area contributed by atoms with Gasteiger partial charge in [-0.25, -0.2) is 9.50 Å². The van der Waals surface area contributed by atoms with Crippen molar-refractivity contribution < 1.29 is 14.1 Å². The van der Waals surface area contributed by atoms with Gasteiger partial charge in [0.15, 0.2) is 11.5 Å². The third-order valence-electron chi connectivity index (χ3n) is 3.75. The minimum atomic E-state index is -0.395.